The molecule has 116 valence electrons. The van der Waals surface area contributed by atoms with Crippen LogP contribution in [0.15, 0.2) is 0 Å². The highest BCUT2D eigenvalue weighted by Gasteiger charge is 2.28. The van der Waals surface area contributed by atoms with Crippen molar-refractivity contribution in [3.05, 3.63) is 17.0 Å². The van der Waals surface area contributed by atoms with E-state index in [1.807, 2.05) is 25.8 Å². The van der Waals surface area contributed by atoms with Crippen LogP contribution in [0, 0.1) is 19.8 Å². The summed E-state index contributed by atoms with van der Waals surface area (Å²) in [5, 5.41) is 7.00. The second kappa shape index (κ2) is 6.26. The average molecular weight is 293 g/mol. The second-order valence-electron chi connectivity index (χ2n) is 5.79. The molecule has 2 rings (SSSR count). The first kappa shape index (κ1) is 15.5. The minimum absolute atomic E-state index is 0.0177. The Hall–Kier alpha value is -1.89. The Morgan fingerprint density at radius 2 is 2.05 bits per heavy atom. The van der Waals surface area contributed by atoms with E-state index in [1.165, 1.54) is 0 Å². The van der Waals surface area contributed by atoms with Crippen LogP contribution in [0.4, 0.5) is 0 Å². The van der Waals surface area contributed by atoms with Gasteiger partial charge in [0.05, 0.1) is 18.0 Å². The van der Waals surface area contributed by atoms with Crippen molar-refractivity contribution >= 4 is 11.8 Å². The van der Waals surface area contributed by atoms with E-state index in [0.29, 0.717) is 26.1 Å². The smallest absolute Gasteiger partial charge is 0.227 e. The summed E-state index contributed by atoms with van der Waals surface area (Å²) in [6.07, 6.45) is 0.309. The molecule has 7 nitrogen and oxygen atoms in total. The molecule has 0 aliphatic carbocycles. The number of nitrogens with zero attached hydrogens (tertiary/aromatic N) is 3. The zero-order chi connectivity index (χ0) is 15.6. The molecular weight excluding hydrogens is 270 g/mol. The number of primary amides is 1. The maximum absolute atomic E-state index is 12.5. The Bertz CT molecular complexity index is 520. The topological polar surface area (TPSA) is 95.3 Å². The number of nitrogens with one attached hydrogen (secondary N) is 1. The van der Waals surface area contributed by atoms with Crippen LogP contribution in [-0.4, -0.2) is 65.0 Å². The summed E-state index contributed by atoms with van der Waals surface area (Å²) in [7, 11) is 1.94. The molecule has 0 unspecified atom stereocenters. The first-order chi connectivity index (χ1) is 9.88. The minimum Gasteiger partial charge on any atom is -0.369 e. The molecule has 21 heavy (non-hydrogen) atoms. The number of nitrogens with two attached hydrogens (primary N) is 1. The Kier molecular flexibility index (Phi) is 4.62. The maximum atomic E-state index is 12.5. The summed E-state index contributed by atoms with van der Waals surface area (Å²) >= 11 is 0. The standard InChI is InChI=1S/C14H23N5O2/c1-9-12(10(2)17-16-9)6-13(20)19-5-4-18(3)7-11(8-19)14(15)21/h11H,4-8H2,1-3H3,(H2,15,21)(H,16,17)/t11-/m1/s1. The van der Waals surface area contributed by atoms with Gasteiger partial charge in [0.2, 0.25) is 11.8 Å². The van der Waals surface area contributed by atoms with Crippen LogP contribution in [-0.2, 0) is 16.0 Å². The lowest BCUT2D eigenvalue weighted by atomic mass is 10.1. The van der Waals surface area contributed by atoms with Crippen LogP contribution in [0.25, 0.3) is 0 Å². The number of H-pyrrole nitrogens is 1. The monoisotopic (exact) mass is 293 g/mol. The molecule has 0 saturated carbocycles. The van der Waals surface area contributed by atoms with Crippen molar-refractivity contribution < 1.29 is 9.59 Å². The van der Waals surface area contributed by atoms with Crippen LogP contribution >= 0.6 is 0 Å². The van der Waals surface area contributed by atoms with Gasteiger partial charge >= 0.3 is 0 Å². The van der Waals surface area contributed by atoms with E-state index in [4.69, 9.17) is 5.73 Å². The zero-order valence-electron chi connectivity index (χ0n) is 12.8. The molecule has 2 amide bonds. The molecule has 0 radical (unpaired) electrons. The number of aromatic nitrogens is 2. The highest BCUT2D eigenvalue weighted by atomic mass is 16.2. The zero-order valence-corrected chi connectivity index (χ0v) is 12.8. The third-order valence-corrected chi connectivity index (χ3v) is 4.09. The number of carbonyl (C=O) groups is 2. The second-order valence-corrected chi connectivity index (χ2v) is 5.79. The summed E-state index contributed by atoms with van der Waals surface area (Å²) in [6.45, 7) is 6.16. The van der Waals surface area contributed by atoms with Crippen LogP contribution in [0.2, 0.25) is 0 Å². The van der Waals surface area contributed by atoms with Crippen molar-refractivity contribution in [2.75, 3.05) is 33.2 Å². The van der Waals surface area contributed by atoms with Crippen molar-refractivity contribution in [2.24, 2.45) is 11.7 Å². The van der Waals surface area contributed by atoms with E-state index in [-0.39, 0.29) is 17.7 Å². The molecule has 3 N–H and O–H groups in total. The molecule has 1 aromatic heterocycles. The first-order valence-corrected chi connectivity index (χ1v) is 7.14. The largest absolute Gasteiger partial charge is 0.369 e. The fraction of sp³-hybridized carbons (Fsp3) is 0.643. The average Bonchev–Trinajstić information content (AvgIpc) is 2.65. The van der Waals surface area contributed by atoms with Gasteiger partial charge in [-0.05, 0) is 20.9 Å². The lowest BCUT2D eigenvalue weighted by molar-refractivity contribution is -0.131. The van der Waals surface area contributed by atoms with Gasteiger partial charge in [-0.3, -0.25) is 14.7 Å². The van der Waals surface area contributed by atoms with E-state index in [9.17, 15) is 9.59 Å². The number of amides is 2. The van der Waals surface area contributed by atoms with Crippen LogP contribution in [0.5, 0.6) is 0 Å². The first-order valence-electron chi connectivity index (χ1n) is 7.14. The number of hydrogen-bond donors (Lipinski definition) is 2. The number of hydrogen-bond acceptors (Lipinski definition) is 4. The van der Waals surface area contributed by atoms with Gasteiger partial charge in [-0.15, -0.1) is 0 Å². The molecule has 1 saturated heterocycles. The normalized spacial score (nSPS) is 20.3. The van der Waals surface area contributed by atoms with E-state index in [1.54, 1.807) is 4.90 Å². The molecule has 0 bridgehead atoms. The third kappa shape index (κ3) is 3.60. The molecule has 1 aliphatic heterocycles. The number of aromatic amines is 1. The fourth-order valence-corrected chi connectivity index (χ4v) is 2.68. The maximum Gasteiger partial charge on any atom is 0.227 e. The van der Waals surface area contributed by atoms with Gasteiger partial charge in [0.25, 0.3) is 0 Å². The van der Waals surface area contributed by atoms with Crippen molar-refractivity contribution in [1.82, 2.24) is 20.0 Å². The predicted octanol–water partition coefficient (Wildman–Crippen LogP) is -0.555. The SMILES string of the molecule is Cc1n[nH]c(C)c1CC(=O)N1CCN(C)C[C@@H](C(N)=O)C1. The molecule has 1 fully saturated rings. The van der Waals surface area contributed by atoms with E-state index >= 15 is 0 Å². The summed E-state index contributed by atoms with van der Waals surface area (Å²) in [6, 6.07) is 0. The number of aryl methyl sites for hydroxylation is 2. The third-order valence-electron chi connectivity index (χ3n) is 4.09. The molecule has 1 aliphatic rings. The van der Waals surface area contributed by atoms with E-state index in [0.717, 1.165) is 23.5 Å². The molecule has 0 aromatic carbocycles. The quantitative estimate of drug-likeness (QED) is 0.781. The lowest BCUT2D eigenvalue weighted by Gasteiger charge is -2.22. The molecule has 2 heterocycles. The summed E-state index contributed by atoms with van der Waals surface area (Å²) < 4.78 is 0. The van der Waals surface area contributed by atoms with Gasteiger partial charge in [-0.1, -0.05) is 0 Å². The van der Waals surface area contributed by atoms with Crippen LogP contribution < -0.4 is 5.73 Å². The predicted molar refractivity (Wildman–Crippen MR) is 78.5 cm³/mol. The Morgan fingerprint density at radius 1 is 1.33 bits per heavy atom. The van der Waals surface area contributed by atoms with Gasteiger partial charge in [0.15, 0.2) is 0 Å². The van der Waals surface area contributed by atoms with Gasteiger partial charge in [-0.25, -0.2) is 0 Å². The van der Waals surface area contributed by atoms with Gasteiger partial charge in [0, 0.05) is 37.4 Å². The summed E-state index contributed by atoms with van der Waals surface area (Å²) in [4.78, 5) is 27.8. The molecule has 1 aromatic rings. The number of likely N-dealkylation sites (N-methyl/N-ethyl adjacent to an activating group) is 1. The number of rotatable bonds is 3. The van der Waals surface area contributed by atoms with Crippen molar-refractivity contribution in [3.63, 3.8) is 0 Å². The van der Waals surface area contributed by atoms with Crippen molar-refractivity contribution in [1.29, 1.82) is 0 Å². The molecule has 0 spiro atoms. The summed E-state index contributed by atoms with van der Waals surface area (Å²) in [5.74, 6) is -0.644. The van der Waals surface area contributed by atoms with Gasteiger partial charge in [0.1, 0.15) is 0 Å². The lowest BCUT2D eigenvalue weighted by Crippen LogP contribution is -2.41. The highest BCUT2D eigenvalue weighted by Crippen LogP contribution is 2.14. The van der Waals surface area contributed by atoms with Gasteiger partial charge in [-0.2, -0.15) is 5.10 Å². The van der Waals surface area contributed by atoms with Crippen LogP contribution in [0.3, 0.4) is 0 Å². The van der Waals surface area contributed by atoms with Crippen LogP contribution in [0.1, 0.15) is 17.0 Å². The van der Waals surface area contributed by atoms with Gasteiger partial charge < -0.3 is 15.5 Å². The van der Waals surface area contributed by atoms with E-state index in [2.05, 4.69) is 10.2 Å². The summed E-state index contributed by atoms with van der Waals surface area (Å²) in [5.41, 5.74) is 8.13. The van der Waals surface area contributed by atoms with E-state index < -0.39 is 0 Å². The Balaban J connectivity index is 2.09. The highest BCUT2D eigenvalue weighted by molar-refractivity contribution is 5.81. The Labute approximate surface area is 124 Å². The Morgan fingerprint density at radius 3 is 2.62 bits per heavy atom. The molecule has 7 heteroatoms. The minimum atomic E-state index is -0.350. The van der Waals surface area contributed by atoms with Crippen molar-refractivity contribution in [3.8, 4) is 0 Å². The molecule has 1 atom stereocenters. The fourth-order valence-electron chi connectivity index (χ4n) is 2.68. The van der Waals surface area contributed by atoms with Crippen molar-refractivity contribution in [2.45, 2.75) is 20.3 Å². The number of carbonyl (C=O) groups excluding carboxylic acids is 2. The molecular formula is C14H23N5O2.